The van der Waals surface area contributed by atoms with Gasteiger partial charge in [0.15, 0.2) is 0 Å². The van der Waals surface area contributed by atoms with E-state index < -0.39 is 0 Å². The summed E-state index contributed by atoms with van der Waals surface area (Å²) in [5.41, 5.74) is 0.715. The fraction of sp³-hybridized carbons (Fsp3) is 0.727. The maximum Gasteiger partial charge on any atom is 0.334 e. The lowest BCUT2D eigenvalue weighted by atomic mass is 9.86. The van der Waals surface area contributed by atoms with Gasteiger partial charge in [0.1, 0.15) is 6.10 Å². The van der Waals surface area contributed by atoms with Crippen molar-refractivity contribution in [2.24, 2.45) is 5.92 Å². The van der Waals surface area contributed by atoms with E-state index in [1.54, 1.807) is 0 Å². The Kier molecular flexibility index (Phi) is 2.38. The second kappa shape index (κ2) is 3.52. The Hall–Kier alpha value is -0.790. The van der Waals surface area contributed by atoms with Gasteiger partial charge in [-0.05, 0) is 19.3 Å². The molecule has 72 valence electrons. The molecule has 2 fully saturated rings. The van der Waals surface area contributed by atoms with Gasteiger partial charge in [0.05, 0.1) is 0 Å². The summed E-state index contributed by atoms with van der Waals surface area (Å²) in [6, 6.07) is 0. The highest BCUT2D eigenvalue weighted by molar-refractivity contribution is 5.90. The molecule has 1 saturated carbocycles. The van der Waals surface area contributed by atoms with E-state index in [-0.39, 0.29) is 12.1 Å². The lowest BCUT2D eigenvalue weighted by Crippen LogP contribution is -2.18. The van der Waals surface area contributed by atoms with Crippen molar-refractivity contribution < 1.29 is 9.53 Å². The van der Waals surface area contributed by atoms with Crippen LogP contribution in [0.5, 0.6) is 0 Å². The van der Waals surface area contributed by atoms with E-state index >= 15 is 0 Å². The molecule has 0 aromatic rings. The molecule has 1 aliphatic heterocycles. The van der Waals surface area contributed by atoms with E-state index in [0.29, 0.717) is 11.5 Å². The Balaban J connectivity index is 2.08. The zero-order valence-corrected chi connectivity index (χ0v) is 7.92. The van der Waals surface area contributed by atoms with E-state index in [1.807, 2.05) is 0 Å². The minimum atomic E-state index is -0.156. The van der Waals surface area contributed by atoms with E-state index in [0.717, 1.165) is 12.8 Å². The number of carbonyl (C=O) groups is 1. The molecule has 0 aromatic heterocycles. The number of esters is 1. The molecule has 2 unspecified atom stereocenters. The Morgan fingerprint density at radius 3 is 2.62 bits per heavy atom. The van der Waals surface area contributed by atoms with Gasteiger partial charge in [0.2, 0.25) is 0 Å². The predicted molar refractivity (Wildman–Crippen MR) is 50.2 cm³/mol. The number of carbonyl (C=O) groups excluding carboxylic acids is 1. The normalized spacial score (nSPS) is 34.8. The van der Waals surface area contributed by atoms with Crippen LogP contribution in [-0.2, 0) is 9.53 Å². The van der Waals surface area contributed by atoms with Gasteiger partial charge in [-0.2, -0.15) is 0 Å². The average Bonchev–Trinajstić information content (AvgIpc) is 2.31. The number of rotatable bonds is 0. The first-order valence-electron chi connectivity index (χ1n) is 5.19. The van der Waals surface area contributed by atoms with Crippen LogP contribution in [0.4, 0.5) is 0 Å². The van der Waals surface area contributed by atoms with Crippen molar-refractivity contribution in [3.05, 3.63) is 12.2 Å². The topological polar surface area (TPSA) is 26.3 Å². The molecule has 0 spiro atoms. The van der Waals surface area contributed by atoms with Gasteiger partial charge in [-0.3, -0.25) is 0 Å². The Morgan fingerprint density at radius 1 is 1.15 bits per heavy atom. The lowest BCUT2D eigenvalue weighted by Gasteiger charge is -2.20. The quantitative estimate of drug-likeness (QED) is 0.423. The van der Waals surface area contributed by atoms with Crippen LogP contribution >= 0.6 is 0 Å². The molecule has 2 atom stereocenters. The molecule has 0 bridgehead atoms. The molecule has 2 rings (SSSR count). The van der Waals surface area contributed by atoms with Crippen LogP contribution in [0.15, 0.2) is 12.2 Å². The van der Waals surface area contributed by atoms with Crippen LogP contribution < -0.4 is 0 Å². The molecule has 1 saturated heterocycles. The first kappa shape index (κ1) is 8.79. The molecule has 2 heteroatoms. The standard InChI is InChI=1S/C11H16O2/c1-8-9-6-4-2-3-5-7-10(9)13-11(8)12/h9-10H,1-7H2. The van der Waals surface area contributed by atoms with Gasteiger partial charge in [-0.1, -0.05) is 25.8 Å². The van der Waals surface area contributed by atoms with Crippen LogP contribution in [0, 0.1) is 5.92 Å². The lowest BCUT2D eigenvalue weighted by molar-refractivity contribution is -0.139. The summed E-state index contributed by atoms with van der Waals surface area (Å²) in [6.07, 6.45) is 7.28. The van der Waals surface area contributed by atoms with Crippen LogP contribution in [-0.4, -0.2) is 12.1 Å². The summed E-state index contributed by atoms with van der Waals surface area (Å²) >= 11 is 0. The highest BCUT2D eigenvalue weighted by Gasteiger charge is 2.37. The van der Waals surface area contributed by atoms with Crippen LogP contribution in [0.25, 0.3) is 0 Å². The second-order valence-electron chi connectivity index (χ2n) is 4.07. The van der Waals surface area contributed by atoms with Crippen molar-refractivity contribution in [2.75, 3.05) is 0 Å². The molecule has 1 aliphatic carbocycles. The largest absolute Gasteiger partial charge is 0.458 e. The SMILES string of the molecule is C=C1C(=O)OC2CCCCCCC12. The third-order valence-electron chi connectivity index (χ3n) is 3.17. The minimum absolute atomic E-state index is 0.153. The van der Waals surface area contributed by atoms with Crippen LogP contribution in [0.1, 0.15) is 38.5 Å². The zero-order chi connectivity index (χ0) is 9.26. The molecule has 0 N–H and O–H groups in total. The average molecular weight is 180 g/mol. The van der Waals surface area contributed by atoms with Crippen LogP contribution in [0.3, 0.4) is 0 Å². The maximum atomic E-state index is 11.2. The molecule has 0 aromatic carbocycles. The fourth-order valence-corrected chi connectivity index (χ4v) is 2.35. The molecule has 0 amide bonds. The summed E-state index contributed by atoms with van der Waals surface area (Å²) in [6.45, 7) is 3.82. The molecule has 13 heavy (non-hydrogen) atoms. The van der Waals surface area contributed by atoms with Crippen molar-refractivity contribution in [2.45, 2.75) is 44.6 Å². The summed E-state index contributed by atoms with van der Waals surface area (Å²) in [4.78, 5) is 11.2. The van der Waals surface area contributed by atoms with E-state index in [1.165, 1.54) is 25.7 Å². The first-order chi connectivity index (χ1) is 6.29. The third-order valence-corrected chi connectivity index (χ3v) is 3.17. The van der Waals surface area contributed by atoms with Gasteiger partial charge in [-0.25, -0.2) is 4.79 Å². The number of fused-ring (bicyclic) bond motifs is 1. The summed E-state index contributed by atoms with van der Waals surface area (Å²) < 4.78 is 5.27. The van der Waals surface area contributed by atoms with Crippen molar-refractivity contribution >= 4 is 5.97 Å². The smallest absolute Gasteiger partial charge is 0.334 e. The number of hydrogen-bond acceptors (Lipinski definition) is 2. The molecule has 0 radical (unpaired) electrons. The Bertz CT molecular complexity index is 232. The molecule has 2 nitrogen and oxygen atoms in total. The minimum Gasteiger partial charge on any atom is -0.458 e. The van der Waals surface area contributed by atoms with Gasteiger partial charge >= 0.3 is 5.97 Å². The van der Waals surface area contributed by atoms with E-state index in [9.17, 15) is 4.79 Å². The molecule has 2 aliphatic rings. The Morgan fingerprint density at radius 2 is 1.85 bits per heavy atom. The molecular weight excluding hydrogens is 164 g/mol. The monoisotopic (exact) mass is 180 g/mol. The zero-order valence-electron chi connectivity index (χ0n) is 7.92. The van der Waals surface area contributed by atoms with Crippen molar-refractivity contribution in [1.82, 2.24) is 0 Å². The highest BCUT2D eigenvalue weighted by atomic mass is 16.6. The van der Waals surface area contributed by atoms with Gasteiger partial charge in [0, 0.05) is 11.5 Å². The van der Waals surface area contributed by atoms with Crippen LogP contribution in [0.2, 0.25) is 0 Å². The highest BCUT2D eigenvalue weighted by Crippen LogP contribution is 2.35. The predicted octanol–water partition coefficient (Wildman–Crippen LogP) is 2.44. The number of ether oxygens (including phenoxy) is 1. The Labute approximate surface area is 79.0 Å². The summed E-state index contributed by atoms with van der Waals surface area (Å²) in [5.74, 6) is 0.171. The maximum absolute atomic E-state index is 11.2. The molecular formula is C11H16O2. The van der Waals surface area contributed by atoms with Crippen molar-refractivity contribution in [3.63, 3.8) is 0 Å². The van der Waals surface area contributed by atoms with Crippen molar-refractivity contribution in [3.8, 4) is 0 Å². The summed E-state index contributed by atoms with van der Waals surface area (Å²) in [7, 11) is 0. The van der Waals surface area contributed by atoms with Gasteiger partial charge in [0.25, 0.3) is 0 Å². The first-order valence-corrected chi connectivity index (χ1v) is 5.19. The summed E-state index contributed by atoms with van der Waals surface area (Å²) in [5, 5.41) is 0. The third kappa shape index (κ3) is 1.62. The van der Waals surface area contributed by atoms with Crippen molar-refractivity contribution in [1.29, 1.82) is 0 Å². The second-order valence-corrected chi connectivity index (χ2v) is 4.07. The number of hydrogen-bond donors (Lipinski definition) is 0. The van der Waals surface area contributed by atoms with Gasteiger partial charge < -0.3 is 4.74 Å². The molecule has 1 heterocycles. The van der Waals surface area contributed by atoms with E-state index in [4.69, 9.17) is 4.74 Å². The van der Waals surface area contributed by atoms with E-state index in [2.05, 4.69) is 6.58 Å². The fourth-order valence-electron chi connectivity index (χ4n) is 2.35. The van der Waals surface area contributed by atoms with Gasteiger partial charge in [-0.15, -0.1) is 0 Å².